The summed E-state index contributed by atoms with van der Waals surface area (Å²) < 4.78 is 23.8. The Kier molecular flexibility index (Phi) is 9.58. The van der Waals surface area contributed by atoms with Crippen molar-refractivity contribution in [1.82, 2.24) is 5.43 Å². The van der Waals surface area contributed by atoms with Crippen molar-refractivity contribution in [2.75, 3.05) is 14.2 Å². The topological polar surface area (TPSA) is 78.4 Å². The van der Waals surface area contributed by atoms with Gasteiger partial charge in [0.05, 0.1) is 24.9 Å². The largest absolute Gasteiger partial charge is 0.493 e. The molecular formula is C31H29BrN2O5. The molecule has 0 spiro atoms. The lowest BCUT2D eigenvalue weighted by Crippen LogP contribution is -2.17. The van der Waals surface area contributed by atoms with Crippen molar-refractivity contribution >= 4 is 28.1 Å². The molecule has 39 heavy (non-hydrogen) atoms. The van der Waals surface area contributed by atoms with Crippen LogP contribution in [0.4, 0.5) is 0 Å². The number of benzene rings is 4. The second kappa shape index (κ2) is 13.5. The van der Waals surface area contributed by atoms with Gasteiger partial charge < -0.3 is 18.9 Å². The number of nitrogens with one attached hydrogen (secondary N) is 1. The van der Waals surface area contributed by atoms with Gasteiger partial charge in [0.25, 0.3) is 5.91 Å². The van der Waals surface area contributed by atoms with E-state index < -0.39 is 0 Å². The van der Waals surface area contributed by atoms with Crippen molar-refractivity contribution in [1.29, 1.82) is 0 Å². The first-order valence-corrected chi connectivity index (χ1v) is 13.0. The fourth-order valence-corrected chi connectivity index (χ4v) is 4.28. The van der Waals surface area contributed by atoms with Crippen LogP contribution in [0.15, 0.2) is 94.5 Å². The van der Waals surface area contributed by atoms with Crippen molar-refractivity contribution in [2.24, 2.45) is 5.10 Å². The van der Waals surface area contributed by atoms with Gasteiger partial charge >= 0.3 is 0 Å². The van der Waals surface area contributed by atoms with Crippen LogP contribution in [0.1, 0.15) is 32.6 Å². The monoisotopic (exact) mass is 588 g/mol. The van der Waals surface area contributed by atoms with Crippen LogP contribution >= 0.6 is 15.9 Å². The van der Waals surface area contributed by atoms with E-state index in [1.165, 1.54) is 0 Å². The molecule has 0 saturated heterocycles. The number of carbonyl (C=O) groups excluding carboxylic acids is 1. The van der Waals surface area contributed by atoms with Gasteiger partial charge in [-0.1, -0.05) is 54.1 Å². The molecule has 0 bridgehead atoms. The summed E-state index contributed by atoms with van der Waals surface area (Å²) in [5.41, 5.74) is 6.85. The summed E-state index contributed by atoms with van der Waals surface area (Å²) in [5.74, 6) is 2.05. The standard InChI is InChI=1S/C31H29BrN2O5/c1-21-9-12-25(13-10-21)31(35)34-33-18-24-15-26(32)30(29(17-24)37-3)39-20-23-11-14-27(28(16-23)36-2)38-19-22-7-5-4-6-8-22/h4-18H,19-20H2,1-3H3,(H,34,35)/b33-18+. The fraction of sp³-hybridized carbons (Fsp3) is 0.161. The van der Waals surface area contributed by atoms with E-state index in [1.807, 2.05) is 73.7 Å². The van der Waals surface area contributed by atoms with Crippen LogP contribution in [0.3, 0.4) is 0 Å². The number of methoxy groups -OCH3 is 2. The SMILES string of the molecule is COc1cc(COc2c(Br)cc(/C=N/NC(=O)c3ccc(C)cc3)cc2OC)ccc1OCc1ccccc1. The molecule has 0 aliphatic rings. The minimum atomic E-state index is -0.288. The lowest BCUT2D eigenvalue weighted by atomic mass is 10.1. The Morgan fingerprint density at radius 2 is 1.54 bits per heavy atom. The van der Waals surface area contributed by atoms with E-state index in [0.29, 0.717) is 39.6 Å². The number of rotatable bonds is 11. The average molecular weight is 589 g/mol. The Bertz CT molecular complexity index is 1440. The smallest absolute Gasteiger partial charge is 0.271 e. The molecule has 7 nitrogen and oxygen atoms in total. The molecule has 0 atom stereocenters. The minimum absolute atomic E-state index is 0.282. The van der Waals surface area contributed by atoms with Crippen molar-refractivity contribution in [3.8, 4) is 23.0 Å². The molecule has 0 saturated carbocycles. The summed E-state index contributed by atoms with van der Waals surface area (Å²) in [7, 11) is 3.18. The van der Waals surface area contributed by atoms with Crippen molar-refractivity contribution < 1.29 is 23.7 Å². The van der Waals surface area contributed by atoms with Crippen molar-refractivity contribution in [3.05, 3.63) is 117 Å². The number of halogens is 1. The van der Waals surface area contributed by atoms with E-state index in [1.54, 1.807) is 38.6 Å². The van der Waals surface area contributed by atoms with Gasteiger partial charge in [-0.2, -0.15) is 5.10 Å². The van der Waals surface area contributed by atoms with E-state index in [-0.39, 0.29) is 12.5 Å². The summed E-state index contributed by atoms with van der Waals surface area (Å²) in [6.07, 6.45) is 1.54. The molecule has 0 aliphatic heterocycles. The molecular weight excluding hydrogens is 560 g/mol. The van der Waals surface area contributed by atoms with Crippen LogP contribution < -0.4 is 24.4 Å². The second-order valence-corrected chi connectivity index (χ2v) is 9.50. The molecule has 200 valence electrons. The molecule has 0 aliphatic carbocycles. The third-order valence-electron chi connectivity index (χ3n) is 5.79. The van der Waals surface area contributed by atoms with Gasteiger partial charge in [-0.05, 0) is 75.9 Å². The van der Waals surface area contributed by atoms with Gasteiger partial charge in [-0.25, -0.2) is 5.43 Å². The molecule has 0 aromatic heterocycles. The zero-order chi connectivity index (χ0) is 27.6. The summed E-state index contributed by atoms with van der Waals surface area (Å²) in [4.78, 5) is 12.3. The molecule has 8 heteroatoms. The van der Waals surface area contributed by atoms with Crippen molar-refractivity contribution in [2.45, 2.75) is 20.1 Å². The summed E-state index contributed by atoms with van der Waals surface area (Å²) in [6.45, 7) is 2.70. The molecule has 4 rings (SSSR count). The van der Waals surface area contributed by atoms with Crippen molar-refractivity contribution in [3.63, 3.8) is 0 Å². The number of nitrogens with zero attached hydrogens (tertiary/aromatic N) is 1. The highest BCUT2D eigenvalue weighted by atomic mass is 79.9. The first-order chi connectivity index (χ1) is 19.0. The number of carbonyl (C=O) groups is 1. The summed E-state index contributed by atoms with van der Waals surface area (Å²) >= 11 is 3.56. The zero-order valence-corrected chi connectivity index (χ0v) is 23.5. The Balaban J connectivity index is 1.39. The number of hydrazone groups is 1. The van der Waals surface area contributed by atoms with E-state index in [0.717, 1.165) is 22.3 Å². The number of aryl methyl sites for hydroxylation is 1. The maximum Gasteiger partial charge on any atom is 0.271 e. The van der Waals surface area contributed by atoms with Gasteiger partial charge in [0.2, 0.25) is 0 Å². The first-order valence-electron chi connectivity index (χ1n) is 12.2. The van der Waals surface area contributed by atoms with Crippen LogP contribution in [-0.4, -0.2) is 26.3 Å². The number of hydrogen-bond acceptors (Lipinski definition) is 6. The lowest BCUT2D eigenvalue weighted by molar-refractivity contribution is 0.0955. The van der Waals surface area contributed by atoms with E-state index in [9.17, 15) is 4.79 Å². The molecule has 1 amide bonds. The number of ether oxygens (including phenoxy) is 4. The Morgan fingerprint density at radius 3 is 2.26 bits per heavy atom. The van der Waals surface area contributed by atoms with Crippen LogP contribution in [-0.2, 0) is 13.2 Å². The number of amides is 1. The zero-order valence-electron chi connectivity index (χ0n) is 21.9. The van der Waals surface area contributed by atoms with Gasteiger partial charge in [0.1, 0.15) is 13.2 Å². The molecule has 1 N–H and O–H groups in total. The molecule has 4 aromatic carbocycles. The summed E-state index contributed by atoms with van der Waals surface area (Å²) in [6, 6.07) is 26.5. The predicted octanol–water partition coefficient (Wildman–Crippen LogP) is 6.70. The van der Waals surface area contributed by atoms with E-state index >= 15 is 0 Å². The Labute approximate surface area is 236 Å². The first kappa shape index (κ1) is 27.7. The minimum Gasteiger partial charge on any atom is -0.493 e. The molecule has 0 radical (unpaired) electrons. The van der Waals surface area contributed by atoms with E-state index in [2.05, 4.69) is 26.5 Å². The van der Waals surface area contributed by atoms with Crippen LogP contribution in [0.25, 0.3) is 0 Å². The Hall–Kier alpha value is -4.30. The van der Waals surface area contributed by atoms with Gasteiger partial charge in [0.15, 0.2) is 23.0 Å². The van der Waals surface area contributed by atoms with Crippen LogP contribution in [0, 0.1) is 6.92 Å². The highest BCUT2D eigenvalue weighted by Gasteiger charge is 2.13. The highest BCUT2D eigenvalue weighted by Crippen LogP contribution is 2.37. The predicted molar refractivity (Wildman–Crippen MR) is 155 cm³/mol. The van der Waals surface area contributed by atoms with E-state index in [4.69, 9.17) is 18.9 Å². The summed E-state index contributed by atoms with van der Waals surface area (Å²) in [5, 5.41) is 4.07. The molecule has 0 heterocycles. The van der Waals surface area contributed by atoms with Crippen LogP contribution in [0.2, 0.25) is 0 Å². The average Bonchev–Trinajstić information content (AvgIpc) is 2.96. The van der Waals surface area contributed by atoms with Gasteiger partial charge in [-0.3, -0.25) is 4.79 Å². The maximum absolute atomic E-state index is 12.3. The normalized spacial score (nSPS) is 10.8. The maximum atomic E-state index is 12.3. The quantitative estimate of drug-likeness (QED) is 0.156. The Morgan fingerprint density at radius 1 is 0.821 bits per heavy atom. The highest BCUT2D eigenvalue weighted by molar-refractivity contribution is 9.10. The number of hydrogen-bond donors (Lipinski definition) is 1. The molecule has 0 unspecified atom stereocenters. The second-order valence-electron chi connectivity index (χ2n) is 8.65. The third-order valence-corrected chi connectivity index (χ3v) is 6.38. The fourth-order valence-electron chi connectivity index (χ4n) is 3.70. The van der Waals surface area contributed by atoms with Gasteiger partial charge in [0, 0.05) is 5.56 Å². The van der Waals surface area contributed by atoms with Gasteiger partial charge in [-0.15, -0.1) is 0 Å². The third kappa shape index (κ3) is 7.61. The molecule has 4 aromatic rings. The molecule has 0 fully saturated rings. The van der Waals surface area contributed by atoms with Crippen LogP contribution in [0.5, 0.6) is 23.0 Å². The lowest BCUT2D eigenvalue weighted by Gasteiger charge is -2.15.